The van der Waals surface area contributed by atoms with Gasteiger partial charge in [-0.05, 0) is 75.4 Å². The number of carbonyl (C=O) groups is 2. The molecule has 2 amide bonds. The first-order valence-electron chi connectivity index (χ1n) is 13.9. The Kier molecular flexibility index (Phi) is 10.9. The summed E-state index contributed by atoms with van der Waals surface area (Å²) in [5.41, 5.74) is 3.23. The Morgan fingerprint density at radius 3 is 2.12 bits per heavy atom. The number of sulfonamides is 1. The van der Waals surface area contributed by atoms with Gasteiger partial charge in [0.2, 0.25) is 11.8 Å². The van der Waals surface area contributed by atoms with Crippen molar-refractivity contribution in [2.75, 3.05) is 17.4 Å². The van der Waals surface area contributed by atoms with Crippen LogP contribution in [0.15, 0.2) is 83.8 Å². The van der Waals surface area contributed by atoms with Crippen molar-refractivity contribution in [3.05, 3.63) is 95.6 Å². The first-order valence-corrected chi connectivity index (χ1v) is 15.3. The summed E-state index contributed by atoms with van der Waals surface area (Å²) in [5, 5.41) is 3.00. The molecule has 0 saturated heterocycles. The summed E-state index contributed by atoms with van der Waals surface area (Å²) >= 11 is 0. The lowest BCUT2D eigenvalue weighted by Gasteiger charge is -2.33. The lowest BCUT2D eigenvalue weighted by atomic mass is 10.1. The van der Waals surface area contributed by atoms with Crippen LogP contribution in [0.25, 0.3) is 0 Å². The highest BCUT2D eigenvalue weighted by molar-refractivity contribution is 7.92. The van der Waals surface area contributed by atoms with Crippen LogP contribution in [0.4, 0.5) is 5.69 Å². The number of hydrogen-bond acceptors (Lipinski definition) is 4. The lowest BCUT2D eigenvalue weighted by Crippen LogP contribution is -2.54. The van der Waals surface area contributed by atoms with E-state index < -0.39 is 28.5 Å². The van der Waals surface area contributed by atoms with E-state index >= 15 is 0 Å². The molecule has 3 aromatic carbocycles. The molecular formula is C32H41N3O4S. The van der Waals surface area contributed by atoms with Gasteiger partial charge in [0.15, 0.2) is 0 Å². The van der Waals surface area contributed by atoms with Crippen LogP contribution in [-0.4, -0.2) is 50.3 Å². The Morgan fingerprint density at radius 1 is 0.850 bits per heavy atom. The molecule has 0 aliphatic rings. The van der Waals surface area contributed by atoms with Crippen molar-refractivity contribution in [3.8, 4) is 0 Å². The van der Waals surface area contributed by atoms with Gasteiger partial charge in [0.05, 0.1) is 10.6 Å². The summed E-state index contributed by atoms with van der Waals surface area (Å²) in [5.74, 6) is -0.666. The number of amides is 2. The summed E-state index contributed by atoms with van der Waals surface area (Å²) in [6.45, 7) is 9.39. The van der Waals surface area contributed by atoms with E-state index in [9.17, 15) is 18.0 Å². The normalized spacial score (nSPS) is 12.8. The largest absolute Gasteiger partial charge is 0.352 e. The molecule has 7 nitrogen and oxygen atoms in total. The molecule has 0 aromatic heterocycles. The molecule has 0 fully saturated rings. The SMILES string of the molecule is CC[C@H](C(=O)N[C@@H](C)CC)N(CCc1ccccc1)C(=O)CN(c1cccc(C)c1)S(=O)(=O)c1ccc(C)cc1. The van der Waals surface area contributed by atoms with E-state index in [2.05, 4.69) is 5.32 Å². The van der Waals surface area contributed by atoms with Crippen molar-refractivity contribution < 1.29 is 18.0 Å². The minimum atomic E-state index is -4.07. The third-order valence-electron chi connectivity index (χ3n) is 7.05. The number of aryl methyl sites for hydroxylation is 2. The second kappa shape index (κ2) is 14.1. The van der Waals surface area contributed by atoms with Gasteiger partial charge in [-0.1, -0.05) is 74.0 Å². The van der Waals surface area contributed by atoms with Gasteiger partial charge < -0.3 is 10.2 Å². The quantitative estimate of drug-likeness (QED) is 0.307. The molecule has 3 aromatic rings. The summed E-state index contributed by atoms with van der Waals surface area (Å²) in [7, 11) is -4.07. The predicted molar refractivity (Wildman–Crippen MR) is 161 cm³/mol. The zero-order valence-electron chi connectivity index (χ0n) is 24.1. The maximum atomic E-state index is 14.1. The molecule has 214 valence electrons. The molecule has 2 atom stereocenters. The van der Waals surface area contributed by atoms with Gasteiger partial charge >= 0.3 is 0 Å². The number of benzene rings is 3. The average Bonchev–Trinajstić information content (AvgIpc) is 2.94. The van der Waals surface area contributed by atoms with Crippen molar-refractivity contribution in [2.24, 2.45) is 0 Å². The highest BCUT2D eigenvalue weighted by Gasteiger charge is 2.33. The third-order valence-corrected chi connectivity index (χ3v) is 8.84. The van der Waals surface area contributed by atoms with Gasteiger partial charge in [-0.3, -0.25) is 13.9 Å². The lowest BCUT2D eigenvalue weighted by molar-refractivity contribution is -0.139. The second-order valence-electron chi connectivity index (χ2n) is 10.2. The van der Waals surface area contributed by atoms with Crippen molar-refractivity contribution in [3.63, 3.8) is 0 Å². The minimum Gasteiger partial charge on any atom is -0.352 e. The van der Waals surface area contributed by atoms with Crippen molar-refractivity contribution in [2.45, 2.75) is 70.9 Å². The van der Waals surface area contributed by atoms with Crippen LogP contribution in [0.1, 0.15) is 50.3 Å². The van der Waals surface area contributed by atoms with Crippen LogP contribution in [0.5, 0.6) is 0 Å². The second-order valence-corrected chi connectivity index (χ2v) is 12.1. The summed E-state index contributed by atoms with van der Waals surface area (Å²) in [4.78, 5) is 29.0. The van der Waals surface area contributed by atoms with E-state index in [0.717, 1.165) is 27.4 Å². The van der Waals surface area contributed by atoms with Gasteiger partial charge in [0.1, 0.15) is 12.6 Å². The number of rotatable bonds is 13. The Hall–Kier alpha value is -3.65. The first-order chi connectivity index (χ1) is 19.1. The zero-order valence-corrected chi connectivity index (χ0v) is 24.9. The molecule has 0 heterocycles. The molecular weight excluding hydrogens is 522 g/mol. The average molecular weight is 564 g/mol. The van der Waals surface area contributed by atoms with Crippen molar-refractivity contribution in [1.82, 2.24) is 10.2 Å². The smallest absolute Gasteiger partial charge is 0.264 e. The van der Waals surface area contributed by atoms with Gasteiger partial charge in [-0.15, -0.1) is 0 Å². The first kappa shape index (κ1) is 30.9. The Bertz CT molecular complexity index is 1370. The zero-order chi connectivity index (χ0) is 29.3. The van der Waals surface area contributed by atoms with Gasteiger partial charge in [-0.2, -0.15) is 0 Å². The van der Waals surface area contributed by atoms with Gasteiger partial charge in [0, 0.05) is 12.6 Å². The standard InChI is InChI=1S/C32H41N3O4S/c1-6-26(5)33-32(37)30(7-2)34(21-20-27-13-9-8-10-14-27)31(36)23-35(28-15-11-12-25(4)22-28)40(38,39)29-18-16-24(3)17-19-29/h8-19,22,26,30H,6-7,20-21,23H2,1-5H3,(H,33,37)/t26-,30+/m0/s1. The highest BCUT2D eigenvalue weighted by atomic mass is 32.2. The number of anilines is 1. The van der Waals surface area contributed by atoms with E-state index in [-0.39, 0.29) is 23.4 Å². The van der Waals surface area contributed by atoms with Crippen molar-refractivity contribution in [1.29, 1.82) is 0 Å². The fraction of sp³-hybridized carbons (Fsp3) is 0.375. The monoisotopic (exact) mass is 563 g/mol. The van der Waals surface area contributed by atoms with E-state index in [1.165, 1.54) is 4.90 Å². The highest BCUT2D eigenvalue weighted by Crippen LogP contribution is 2.25. The van der Waals surface area contributed by atoms with Crippen molar-refractivity contribution >= 4 is 27.5 Å². The number of hydrogen-bond donors (Lipinski definition) is 1. The predicted octanol–water partition coefficient (Wildman–Crippen LogP) is 5.26. The summed E-state index contributed by atoms with van der Waals surface area (Å²) in [6.07, 6.45) is 1.70. The van der Waals surface area contributed by atoms with Crippen LogP contribution < -0.4 is 9.62 Å². The molecule has 8 heteroatoms. The number of nitrogens with one attached hydrogen (secondary N) is 1. The molecule has 0 spiro atoms. The molecule has 0 aliphatic carbocycles. The van der Waals surface area contributed by atoms with Gasteiger partial charge in [0.25, 0.3) is 10.0 Å². The van der Waals surface area contributed by atoms with E-state index in [0.29, 0.717) is 18.5 Å². The van der Waals surface area contributed by atoms with E-state index in [4.69, 9.17) is 0 Å². The molecule has 40 heavy (non-hydrogen) atoms. The molecule has 1 N–H and O–H groups in total. The van der Waals surface area contributed by atoms with Crippen LogP contribution in [0.3, 0.4) is 0 Å². The Balaban J connectivity index is 2.01. The Labute approximate surface area is 239 Å². The fourth-order valence-corrected chi connectivity index (χ4v) is 5.89. The molecule has 0 unspecified atom stereocenters. The maximum absolute atomic E-state index is 14.1. The fourth-order valence-electron chi connectivity index (χ4n) is 4.49. The molecule has 3 rings (SSSR count). The van der Waals surface area contributed by atoms with E-state index in [1.54, 1.807) is 42.5 Å². The van der Waals surface area contributed by atoms with Crippen LogP contribution in [0, 0.1) is 13.8 Å². The molecule has 0 radical (unpaired) electrons. The van der Waals surface area contributed by atoms with Crippen LogP contribution in [0.2, 0.25) is 0 Å². The minimum absolute atomic E-state index is 0.0432. The number of carbonyl (C=O) groups excluding carboxylic acids is 2. The number of nitrogens with zero attached hydrogens (tertiary/aromatic N) is 2. The molecule has 0 aliphatic heterocycles. The topological polar surface area (TPSA) is 86.8 Å². The third kappa shape index (κ3) is 7.94. The summed E-state index contributed by atoms with van der Waals surface area (Å²) in [6, 6.07) is 22.6. The van der Waals surface area contributed by atoms with Gasteiger partial charge in [-0.25, -0.2) is 8.42 Å². The van der Waals surface area contributed by atoms with E-state index in [1.807, 2.05) is 71.0 Å². The Morgan fingerprint density at radius 2 is 1.52 bits per heavy atom. The van der Waals surface area contributed by atoms with Crippen LogP contribution in [-0.2, 0) is 26.0 Å². The maximum Gasteiger partial charge on any atom is 0.264 e. The molecule has 0 bridgehead atoms. The summed E-state index contributed by atoms with van der Waals surface area (Å²) < 4.78 is 29.0. The molecule has 0 saturated carbocycles. The van der Waals surface area contributed by atoms with Crippen LogP contribution >= 0.6 is 0 Å².